The molecule has 2 aromatic heterocycles. The van der Waals surface area contributed by atoms with Crippen LogP contribution < -0.4 is 10.5 Å². The number of hydrogen-bond donors (Lipinski definition) is 0. The molecule has 6 nitrogen and oxygen atoms in total. The molecule has 1 saturated heterocycles. The molecule has 1 fully saturated rings. The van der Waals surface area contributed by atoms with Gasteiger partial charge in [-0.3, -0.25) is 4.79 Å². The van der Waals surface area contributed by atoms with E-state index in [4.69, 9.17) is 4.42 Å². The molecule has 6 heteroatoms. The Morgan fingerprint density at radius 1 is 1.17 bits per heavy atom. The SMILES string of the molecule is Cc1ccc(=O)n(CC2CCN(c3nc4ccccc4o3)CC2)n1. The van der Waals surface area contributed by atoms with Crippen LogP contribution in [-0.4, -0.2) is 27.9 Å². The Morgan fingerprint density at radius 3 is 2.75 bits per heavy atom. The van der Waals surface area contributed by atoms with Crippen molar-refractivity contribution in [2.75, 3.05) is 18.0 Å². The topological polar surface area (TPSA) is 64.2 Å². The number of aryl methyl sites for hydroxylation is 1. The summed E-state index contributed by atoms with van der Waals surface area (Å²) in [5.41, 5.74) is 2.57. The van der Waals surface area contributed by atoms with E-state index < -0.39 is 0 Å². The molecule has 0 radical (unpaired) electrons. The van der Waals surface area contributed by atoms with Crippen LogP contribution in [0.3, 0.4) is 0 Å². The van der Waals surface area contributed by atoms with Gasteiger partial charge in [-0.15, -0.1) is 0 Å². The average molecular weight is 324 g/mol. The number of para-hydroxylation sites is 2. The second-order valence-electron chi connectivity index (χ2n) is 6.39. The Labute approximate surface area is 139 Å². The Morgan fingerprint density at radius 2 is 1.96 bits per heavy atom. The number of fused-ring (bicyclic) bond motifs is 1. The fourth-order valence-electron chi connectivity index (χ4n) is 3.23. The zero-order chi connectivity index (χ0) is 16.5. The van der Waals surface area contributed by atoms with E-state index in [2.05, 4.69) is 15.0 Å². The predicted molar refractivity (Wildman–Crippen MR) is 92.2 cm³/mol. The number of anilines is 1. The molecule has 0 saturated carbocycles. The molecular weight excluding hydrogens is 304 g/mol. The molecule has 0 aliphatic carbocycles. The fourth-order valence-corrected chi connectivity index (χ4v) is 3.23. The summed E-state index contributed by atoms with van der Waals surface area (Å²) in [6, 6.07) is 11.9. The third kappa shape index (κ3) is 2.91. The Balaban J connectivity index is 1.43. The second kappa shape index (κ2) is 6.11. The van der Waals surface area contributed by atoms with Crippen molar-refractivity contribution in [1.29, 1.82) is 0 Å². The van der Waals surface area contributed by atoms with Crippen molar-refractivity contribution in [2.24, 2.45) is 5.92 Å². The van der Waals surface area contributed by atoms with Crippen molar-refractivity contribution >= 4 is 17.1 Å². The van der Waals surface area contributed by atoms with Crippen LogP contribution in [0, 0.1) is 12.8 Å². The van der Waals surface area contributed by atoms with Gasteiger partial charge in [0.25, 0.3) is 11.6 Å². The lowest BCUT2D eigenvalue weighted by atomic mass is 9.97. The van der Waals surface area contributed by atoms with Gasteiger partial charge in [-0.1, -0.05) is 12.1 Å². The molecular formula is C18H20N4O2. The number of oxazole rings is 1. The van der Waals surface area contributed by atoms with Crippen LogP contribution in [0.15, 0.2) is 45.6 Å². The summed E-state index contributed by atoms with van der Waals surface area (Å²) in [5.74, 6) is 0.456. The molecule has 124 valence electrons. The van der Waals surface area contributed by atoms with Crippen LogP contribution in [-0.2, 0) is 6.54 Å². The number of benzene rings is 1. The molecule has 0 N–H and O–H groups in total. The highest BCUT2D eigenvalue weighted by atomic mass is 16.4. The summed E-state index contributed by atoms with van der Waals surface area (Å²) >= 11 is 0. The monoisotopic (exact) mass is 324 g/mol. The molecule has 0 atom stereocenters. The van der Waals surface area contributed by atoms with Crippen molar-refractivity contribution in [3.05, 3.63) is 52.4 Å². The average Bonchev–Trinajstić information content (AvgIpc) is 3.03. The minimum absolute atomic E-state index is 0.0259. The lowest BCUT2D eigenvalue weighted by Gasteiger charge is -2.30. The molecule has 0 unspecified atom stereocenters. The minimum Gasteiger partial charge on any atom is -0.423 e. The number of hydrogen-bond acceptors (Lipinski definition) is 5. The van der Waals surface area contributed by atoms with Gasteiger partial charge in [-0.25, -0.2) is 4.68 Å². The molecule has 3 aromatic rings. The van der Waals surface area contributed by atoms with E-state index in [9.17, 15) is 4.79 Å². The van der Waals surface area contributed by atoms with E-state index in [1.807, 2.05) is 31.2 Å². The van der Waals surface area contributed by atoms with Gasteiger partial charge in [0.05, 0.1) is 5.69 Å². The Kier molecular flexibility index (Phi) is 3.80. The van der Waals surface area contributed by atoms with Crippen LogP contribution in [0.5, 0.6) is 0 Å². The summed E-state index contributed by atoms with van der Waals surface area (Å²) in [6.45, 7) is 4.36. The summed E-state index contributed by atoms with van der Waals surface area (Å²) < 4.78 is 7.44. The van der Waals surface area contributed by atoms with Gasteiger partial charge >= 0.3 is 0 Å². The molecule has 3 heterocycles. The van der Waals surface area contributed by atoms with Crippen molar-refractivity contribution in [2.45, 2.75) is 26.3 Å². The van der Waals surface area contributed by atoms with Crippen molar-refractivity contribution < 1.29 is 4.42 Å². The normalized spacial score (nSPS) is 16.0. The number of piperidine rings is 1. The minimum atomic E-state index is -0.0259. The molecule has 1 aromatic carbocycles. The smallest absolute Gasteiger partial charge is 0.298 e. The first-order chi connectivity index (χ1) is 11.7. The van der Waals surface area contributed by atoms with Crippen LogP contribution >= 0.6 is 0 Å². The largest absolute Gasteiger partial charge is 0.423 e. The number of aromatic nitrogens is 3. The first kappa shape index (κ1) is 14.9. The molecule has 0 amide bonds. The highest BCUT2D eigenvalue weighted by molar-refractivity contribution is 5.74. The first-order valence-corrected chi connectivity index (χ1v) is 8.34. The third-order valence-electron chi connectivity index (χ3n) is 4.60. The van der Waals surface area contributed by atoms with Crippen molar-refractivity contribution in [3.63, 3.8) is 0 Å². The van der Waals surface area contributed by atoms with E-state index in [0.29, 0.717) is 18.5 Å². The van der Waals surface area contributed by atoms with Crippen LogP contribution in [0.1, 0.15) is 18.5 Å². The molecule has 0 bridgehead atoms. The van der Waals surface area contributed by atoms with Crippen molar-refractivity contribution in [3.8, 4) is 0 Å². The van der Waals surface area contributed by atoms with Gasteiger partial charge < -0.3 is 9.32 Å². The molecule has 24 heavy (non-hydrogen) atoms. The van der Waals surface area contributed by atoms with Crippen LogP contribution in [0.4, 0.5) is 6.01 Å². The van der Waals surface area contributed by atoms with Gasteiger partial charge in [0.1, 0.15) is 5.52 Å². The first-order valence-electron chi connectivity index (χ1n) is 8.34. The molecule has 1 aliphatic rings. The summed E-state index contributed by atoms with van der Waals surface area (Å²) in [7, 11) is 0. The van der Waals surface area contributed by atoms with Crippen LogP contribution in [0.2, 0.25) is 0 Å². The van der Waals surface area contributed by atoms with Crippen molar-refractivity contribution in [1.82, 2.24) is 14.8 Å². The molecule has 0 spiro atoms. The quantitative estimate of drug-likeness (QED) is 0.741. The standard InChI is InChI=1S/C18H20N4O2/c1-13-6-7-17(23)22(20-13)12-14-8-10-21(11-9-14)18-19-15-4-2-3-5-16(15)24-18/h2-7,14H,8-12H2,1H3. The highest BCUT2D eigenvalue weighted by Gasteiger charge is 2.23. The highest BCUT2D eigenvalue weighted by Crippen LogP contribution is 2.26. The number of nitrogens with zero attached hydrogens (tertiary/aromatic N) is 4. The zero-order valence-corrected chi connectivity index (χ0v) is 13.7. The maximum absolute atomic E-state index is 11.9. The summed E-state index contributed by atoms with van der Waals surface area (Å²) in [4.78, 5) is 18.6. The van der Waals surface area contributed by atoms with Gasteiger partial charge in [0.15, 0.2) is 5.58 Å². The Bertz CT molecular complexity index is 874. The van der Waals surface area contributed by atoms with Crippen LogP contribution in [0.25, 0.3) is 11.1 Å². The van der Waals surface area contributed by atoms with Gasteiger partial charge in [-0.05, 0) is 43.9 Å². The lowest BCUT2D eigenvalue weighted by molar-refractivity contribution is 0.327. The third-order valence-corrected chi connectivity index (χ3v) is 4.60. The van der Waals surface area contributed by atoms with E-state index in [-0.39, 0.29) is 5.56 Å². The number of rotatable bonds is 3. The van der Waals surface area contributed by atoms with E-state index in [0.717, 1.165) is 42.7 Å². The van der Waals surface area contributed by atoms with E-state index in [1.54, 1.807) is 16.8 Å². The maximum atomic E-state index is 11.9. The predicted octanol–water partition coefficient (Wildman–Crippen LogP) is 2.61. The lowest BCUT2D eigenvalue weighted by Crippen LogP contribution is -2.37. The van der Waals surface area contributed by atoms with Gasteiger partial charge in [0, 0.05) is 25.7 Å². The second-order valence-corrected chi connectivity index (χ2v) is 6.39. The fraction of sp³-hybridized carbons (Fsp3) is 0.389. The summed E-state index contributed by atoms with van der Waals surface area (Å²) in [5, 5.41) is 4.33. The van der Waals surface area contributed by atoms with Gasteiger partial charge in [0.2, 0.25) is 0 Å². The summed E-state index contributed by atoms with van der Waals surface area (Å²) in [6.07, 6.45) is 2.00. The maximum Gasteiger partial charge on any atom is 0.298 e. The molecule has 4 rings (SSSR count). The van der Waals surface area contributed by atoms with E-state index in [1.165, 1.54) is 0 Å². The molecule has 1 aliphatic heterocycles. The van der Waals surface area contributed by atoms with Gasteiger partial charge in [-0.2, -0.15) is 10.1 Å². The Hall–Kier alpha value is -2.63. The van der Waals surface area contributed by atoms with E-state index >= 15 is 0 Å². The zero-order valence-electron chi connectivity index (χ0n) is 13.7.